The van der Waals surface area contributed by atoms with Gasteiger partial charge in [0.1, 0.15) is 5.82 Å². The highest BCUT2D eigenvalue weighted by atomic mass is 15.1. The molecule has 0 saturated heterocycles. The number of nitrogens with two attached hydrogens (primary N) is 1. The van der Waals surface area contributed by atoms with Crippen molar-refractivity contribution in [3.05, 3.63) is 18.2 Å². The van der Waals surface area contributed by atoms with E-state index in [9.17, 15) is 0 Å². The van der Waals surface area contributed by atoms with Gasteiger partial charge in [0.15, 0.2) is 0 Å². The van der Waals surface area contributed by atoms with Gasteiger partial charge in [-0.05, 0) is 19.3 Å². The second kappa shape index (κ2) is 1.59. The Bertz CT molecular complexity index is 320. The molecule has 0 spiro atoms. The van der Waals surface area contributed by atoms with Crippen molar-refractivity contribution in [2.45, 2.75) is 30.2 Å². The predicted molar refractivity (Wildman–Crippen MR) is 45.7 cm³/mol. The maximum atomic E-state index is 5.99. The van der Waals surface area contributed by atoms with E-state index in [0.717, 1.165) is 19.3 Å². The van der Waals surface area contributed by atoms with Crippen molar-refractivity contribution in [2.24, 2.45) is 12.8 Å². The van der Waals surface area contributed by atoms with Gasteiger partial charge in [0.05, 0.1) is 0 Å². The first kappa shape index (κ1) is 6.66. The quantitative estimate of drug-likeness (QED) is 0.657. The number of hydrogen-bond acceptors (Lipinski definition) is 2. The molecule has 1 aromatic heterocycles. The molecule has 1 heterocycles. The topological polar surface area (TPSA) is 43.8 Å². The number of imidazole rings is 1. The van der Waals surface area contributed by atoms with Crippen LogP contribution in [0.25, 0.3) is 0 Å². The molecule has 3 saturated carbocycles. The molecule has 0 unspecified atom stereocenters. The van der Waals surface area contributed by atoms with Gasteiger partial charge in [-0.15, -0.1) is 0 Å². The molecule has 0 amide bonds. The fraction of sp³-hybridized carbons (Fsp3) is 0.667. The van der Waals surface area contributed by atoms with Crippen molar-refractivity contribution in [3.63, 3.8) is 0 Å². The predicted octanol–water partition coefficient (Wildman–Crippen LogP) is 0.553. The Morgan fingerprint density at radius 1 is 1.50 bits per heavy atom. The molecule has 3 aliphatic carbocycles. The molecule has 4 rings (SSSR count). The van der Waals surface area contributed by atoms with E-state index in [1.807, 2.05) is 12.4 Å². The van der Waals surface area contributed by atoms with Gasteiger partial charge in [-0.25, -0.2) is 4.98 Å². The maximum Gasteiger partial charge on any atom is 0.114 e. The molecule has 0 radical (unpaired) electrons. The summed E-state index contributed by atoms with van der Waals surface area (Å²) in [4.78, 5) is 4.39. The van der Waals surface area contributed by atoms with Crippen LogP contribution in [0.2, 0.25) is 0 Å². The average Bonchev–Trinajstić information content (AvgIpc) is 2.26. The van der Waals surface area contributed by atoms with E-state index in [4.69, 9.17) is 5.73 Å². The number of hydrogen-bond donors (Lipinski definition) is 1. The fourth-order valence-electron chi connectivity index (χ4n) is 2.98. The largest absolute Gasteiger partial charge is 0.338 e. The van der Waals surface area contributed by atoms with Crippen molar-refractivity contribution in [1.29, 1.82) is 0 Å². The maximum absolute atomic E-state index is 5.99. The van der Waals surface area contributed by atoms with E-state index in [0.29, 0.717) is 5.41 Å². The summed E-state index contributed by atoms with van der Waals surface area (Å²) in [5.74, 6) is 1.23. The standard InChI is InChI=1S/C9H13N3/c1-12-3-2-11-7(12)8-4-9(10,5-8)6-8/h2-3H,4-6,10H2,1H3. The fourth-order valence-corrected chi connectivity index (χ4v) is 2.98. The highest BCUT2D eigenvalue weighted by molar-refractivity contribution is 5.34. The van der Waals surface area contributed by atoms with E-state index < -0.39 is 0 Å². The minimum atomic E-state index is 0.186. The second-order valence-corrected chi connectivity index (χ2v) is 4.53. The molecule has 3 heteroatoms. The third-order valence-electron chi connectivity index (χ3n) is 3.37. The van der Waals surface area contributed by atoms with Crippen molar-refractivity contribution < 1.29 is 0 Å². The summed E-state index contributed by atoms with van der Waals surface area (Å²) in [6, 6.07) is 0. The Morgan fingerprint density at radius 2 is 2.17 bits per heavy atom. The lowest BCUT2D eigenvalue weighted by molar-refractivity contribution is -0.0669. The first-order valence-electron chi connectivity index (χ1n) is 4.40. The summed E-state index contributed by atoms with van der Waals surface area (Å²) in [6.45, 7) is 0. The number of aryl methyl sites for hydroxylation is 1. The molecule has 2 bridgehead atoms. The van der Waals surface area contributed by atoms with E-state index in [1.165, 1.54) is 5.82 Å². The Hall–Kier alpha value is -0.830. The highest BCUT2D eigenvalue weighted by Gasteiger charge is 2.68. The van der Waals surface area contributed by atoms with Gasteiger partial charge in [0.2, 0.25) is 0 Å². The Morgan fingerprint density at radius 3 is 2.58 bits per heavy atom. The molecule has 0 aliphatic heterocycles. The second-order valence-electron chi connectivity index (χ2n) is 4.53. The van der Waals surface area contributed by atoms with E-state index in [1.54, 1.807) is 0 Å². The molecule has 3 aliphatic rings. The van der Waals surface area contributed by atoms with Crippen LogP contribution in [0.3, 0.4) is 0 Å². The molecular formula is C9H13N3. The normalized spacial score (nSPS) is 43.5. The number of nitrogens with zero attached hydrogens (tertiary/aromatic N) is 2. The van der Waals surface area contributed by atoms with Crippen LogP contribution < -0.4 is 5.73 Å². The molecule has 0 atom stereocenters. The third kappa shape index (κ3) is 0.556. The van der Waals surface area contributed by atoms with Crippen molar-refractivity contribution >= 4 is 0 Å². The molecule has 2 N–H and O–H groups in total. The minimum Gasteiger partial charge on any atom is -0.338 e. The Kier molecular flexibility index (Phi) is 0.884. The highest BCUT2D eigenvalue weighted by Crippen LogP contribution is 2.65. The zero-order chi connectivity index (χ0) is 8.40. The Labute approximate surface area is 71.6 Å². The van der Waals surface area contributed by atoms with Crippen LogP contribution in [-0.2, 0) is 12.5 Å². The van der Waals surface area contributed by atoms with Gasteiger partial charge < -0.3 is 10.3 Å². The summed E-state index contributed by atoms with van der Waals surface area (Å²) >= 11 is 0. The lowest BCUT2D eigenvalue weighted by atomic mass is 9.39. The van der Waals surface area contributed by atoms with Crippen LogP contribution in [0.15, 0.2) is 12.4 Å². The summed E-state index contributed by atoms with van der Waals surface area (Å²) in [7, 11) is 2.06. The van der Waals surface area contributed by atoms with Gasteiger partial charge in [-0.1, -0.05) is 0 Å². The van der Waals surface area contributed by atoms with E-state index >= 15 is 0 Å². The zero-order valence-electron chi connectivity index (χ0n) is 7.25. The Balaban J connectivity index is 1.98. The lowest BCUT2D eigenvalue weighted by Gasteiger charge is -2.68. The molecule has 1 aromatic rings. The SMILES string of the molecule is Cn1ccnc1C12CC(N)(C1)C2. The van der Waals surface area contributed by atoms with Crippen LogP contribution in [-0.4, -0.2) is 15.1 Å². The van der Waals surface area contributed by atoms with Crippen molar-refractivity contribution in [2.75, 3.05) is 0 Å². The molecule has 12 heavy (non-hydrogen) atoms. The smallest absolute Gasteiger partial charge is 0.114 e. The van der Waals surface area contributed by atoms with Crippen LogP contribution >= 0.6 is 0 Å². The van der Waals surface area contributed by atoms with Gasteiger partial charge in [0.25, 0.3) is 0 Å². The monoisotopic (exact) mass is 163 g/mol. The lowest BCUT2D eigenvalue weighted by Crippen LogP contribution is -2.75. The van der Waals surface area contributed by atoms with Crippen molar-refractivity contribution in [3.8, 4) is 0 Å². The number of rotatable bonds is 1. The molecule has 64 valence electrons. The first-order chi connectivity index (χ1) is 5.64. The molecule has 0 aromatic carbocycles. The summed E-state index contributed by atoms with van der Waals surface area (Å²) in [5.41, 5.74) is 6.55. The van der Waals surface area contributed by atoms with Crippen LogP contribution in [0.4, 0.5) is 0 Å². The summed E-state index contributed by atoms with van der Waals surface area (Å²) in [5, 5.41) is 0. The van der Waals surface area contributed by atoms with Crippen molar-refractivity contribution in [1.82, 2.24) is 9.55 Å². The summed E-state index contributed by atoms with van der Waals surface area (Å²) < 4.78 is 2.12. The van der Waals surface area contributed by atoms with Gasteiger partial charge in [-0.2, -0.15) is 0 Å². The summed E-state index contributed by atoms with van der Waals surface area (Å²) in [6.07, 6.45) is 7.32. The third-order valence-corrected chi connectivity index (χ3v) is 3.37. The van der Waals surface area contributed by atoms with E-state index in [-0.39, 0.29) is 5.54 Å². The van der Waals surface area contributed by atoms with E-state index in [2.05, 4.69) is 16.6 Å². The van der Waals surface area contributed by atoms with Gasteiger partial charge in [-0.3, -0.25) is 0 Å². The average molecular weight is 163 g/mol. The van der Waals surface area contributed by atoms with Crippen LogP contribution in [0, 0.1) is 0 Å². The minimum absolute atomic E-state index is 0.186. The molecule has 3 nitrogen and oxygen atoms in total. The zero-order valence-corrected chi connectivity index (χ0v) is 7.25. The van der Waals surface area contributed by atoms with Crippen LogP contribution in [0.1, 0.15) is 25.1 Å². The molecule has 3 fully saturated rings. The van der Waals surface area contributed by atoms with Gasteiger partial charge in [0, 0.05) is 30.4 Å². The first-order valence-corrected chi connectivity index (χ1v) is 4.40. The molecular weight excluding hydrogens is 150 g/mol. The van der Waals surface area contributed by atoms with Gasteiger partial charge >= 0.3 is 0 Å². The number of aromatic nitrogens is 2. The van der Waals surface area contributed by atoms with Crippen LogP contribution in [0.5, 0.6) is 0 Å².